The lowest BCUT2D eigenvalue weighted by Crippen LogP contribution is -2.34. The van der Waals surface area contributed by atoms with Gasteiger partial charge in [-0.25, -0.2) is 0 Å². The average Bonchev–Trinajstić information content (AvgIpc) is 3.16. The topological polar surface area (TPSA) is 19.0 Å². The van der Waals surface area contributed by atoms with Gasteiger partial charge in [0.15, 0.2) is 0 Å². The number of piperidine rings is 1. The molecule has 2 nitrogen and oxygen atoms in total. The molecule has 29 heavy (non-hydrogen) atoms. The highest BCUT2D eigenvalue weighted by atomic mass is 79.9. The molecule has 2 heterocycles. The Balaban J connectivity index is 1.48. The van der Waals surface area contributed by atoms with Crippen molar-refractivity contribution >= 4 is 26.8 Å². The average molecular weight is 445 g/mol. The fourth-order valence-electron chi connectivity index (χ4n) is 4.70. The monoisotopic (exact) mass is 444 g/mol. The number of H-pyrrole nitrogens is 1. The van der Waals surface area contributed by atoms with Crippen LogP contribution in [0.1, 0.15) is 29.9 Å². The molecule has 1 aliphatic rings. The van der Waals surface area contributed by atoms with Gasteiger partial charge in [-0.3, -0.25) is 4.90 Å². The Kier molecular flexibility index (Phi) is 5.26. The van der Waals surface area contributed by atoms with Gasteiger partial charge < -0.3 is 4.98 Å². The molecule has 146 valence electrons. The van der Waals surface area contributed by atoms with Crippen LogP contribution in [0.4, 0.5) is 0 Å². The lowest BCUT2D eigenvalue weighted by Gasteiger charge is -2.33. The zero-order chi connectivity index (χ0) is 19.6. The zero-order valence-electron chi connectivity index (χ0n) is 16.4. The molecule has 0 saturated carbocycles. The molecule has 0 bridgehead atoms. The van der Waals surface area contributed by atoms with E-state index in [1.807, 2.05) is 0 Å². The van der Waals surface area contributed by atoms with Crippen molar-refractivity contribution in [3.63, 3.8) is 0 Å². The third kappa shape index (κ3) is 3.90. The Morgan fingerprint density at radius 1 is 0.897 bits per heavy atom. The summed E-state index contributed by atoms with van der Waals surface area (Å²) in [4.78, 5) is 6.34. The fraction of sp³-hybridized carbons (Fsp3) is 0.231. The van der Waals surface area contributed by atoms with Crippen LogP contribution in [-0.2, 0) is 6.54 Å². The molecule has 1 fully saturated rings. The van der Waals surface area contributed by atoms with Gasteiger partial charge in [0.2, 0.25) is 0 Å². The van der Waals surface area contributed by atoms with E-state index in [2.05, 4.69) is 105 Å². The normalized spacial score (nSPS) is 17.6. The Morgan fingerprint density at radius 2 is 1.66 bits per heavy atom. The Bertz CT molecular complexity index is 1100. The summed E-state index contributed by atoms with van der Waals surface area (Å²) in [5.74, 6) is 0.547. The van der Waals surface area contributed by atoms with Crippen molar-refractivity contribution in [1.82, 2.24) is 9.88 Å². The molecular formula is C26H25BrN2. The van der Waals surface area contributed by atoms with E-state index in [1.54, 1.807) is 0 Å². The first-order valence-electron chi connectivity index (χ1n) is 10.4. The van der Waals surface area contributed by atoms with Crippen LogP contribution in [0.5, 0.6) is 0 Å². The molecule has 1 aromatic heterocycles. The van der Waals surface area contributed by atoms with Crippen molar-refractivity contribution in [2.45, 2.75) is 25.3 Å². The van der Waals surface area contributed by atoms with Crippen molar-refractivity contribution in [2.24, 2.45) is 0 Å². The number of para-hydroxylation sites is 1. The largest absolute Gasteiger partial charge is 0.354 e. The molecule has 0 aliphatic carbocycles. The number of rotatable bonds is 4. The number of aromatic amines is 1. The third-order valence-corrected chi connectivity index (χ3v) is 6.57. The van der Waals surface area contributed by atoms with Gasteiger partial charge >= 0.3 is 0 Å². The molecule has 1 saturated heterocycles. The van der Waals surface area contributed by atoms with E-state index in [9.17, 15) is 0 Å². The van der Waals surface area contributed by atoms with Crippen LogP contribution in [0.15, 0.2) is 83.3 Å². The molecule has 1 unspecified atom stereocenters. The predicted octanol–water partition coefficient (Wildman–Crippen LogP) is 6.98. The first kappa shape index (κ1) is 18.7. The van der Waals surface area contributed by atoms with Gasteiger partial charge in [-0.15, -0.1) is 0 Å². The second-order valence-electron chi connectivity index (χ2n) is 8.03. The van der Waals surface area contributed by atoms with E-state index >= 15 is 0 Å². The molecule has 1 aliphatic heterocycles. The highest BCUT2D eigenvalue weighted by Crippen LogP contribution is 2.39. The molecule has 1 atom stereocenters. The fourth-order valence-corrected chi connectivity index (χ4v) is 4.97. The van der Waals surface area contributed by atoms with Gasteiger partial charge in [0, 0.05) is 28.5 Å². The molecule has 4 aromatic rings. The summed E-state index contributed by atoms with van der Waals surface area (Å²) in [6.45, 7) is 3.31. The molecular weight excluding hydrogens is 420 g/mol. The molecule has 5 rings (SSSR count). The first-order valence-corrected chi connectivity index (χ1v) is 11.2. The Morgan fingerprint density at radius 3 is 2.48 bits per heavy atom. The van der Waals surface area contributed by atoms with Gasteiger partial charge in [0.05, 0.1) is 5.69 Å². The minimum absolute atomic E-state index is 0.547. The number of nitrogens with one attached hydrogen (secondary N) is 1. The second kappa shape index (κ2) is 8.17. The minimum atomic E-state index is 0.547. The number of halogens is 1. The number of nitrogens with zero attached hydrogens (tertiary/aromatic N) is 1. The summed E-state index contributed by atoms with van der Waals surface area (Å²) in [7, 11) is 0. The third-order valence-electron chi connectivity index (χ3n) is 6.04. The van der Waals surface area contributed by atoms with Crippen molar-refractivity contribution in [2.75, 3.05) is 13.1 Å². The number of hydrogen-bond donors (Lipinski definition) is 1. The highest BCUT2D eigenvalue weighted by molar-refractivity contribution is 9.10. The predicted molar refractivity (Wildman–Crippen MR) is 125 cm³/mol. The van der Waals surface area contributed by atoms with E-state index in [0.29, 0.717) is 5.92 Å². The lowest BCUT2D eigenvalue weighted by atomic mass is 9.87. The maximum atomic E-state index is 3.72. The molecule has 0 radical (unpaired) electrons. The summed E-state index contributed by atoms with van der Waals surface area (Å²) >= 11 is 3.54. The van der Waals surface area contributed by atoms with Crippen LogP contribution in [0.25, 0.3) is 22.2 Å². The van der Waals surface area contributed by atoms with E-state index in [0.717, 1.165) is 17.6 Å². The summed E-state index contributed by atoms with van der Waals surface area (Å²) in [6.07, 6.45) is 2.49. The summed E-state index contributed by atoms with van der Waals surface area (Å²) < 4.78 is 1.14. The smallest absolute Gasteiger partial charge is 0.0500 e. The van der Waals surface area contributed by atoms with Crippen LogP contribution < -0.4 is 0 Å². The highest BCUT2D eigenvalue weighted by Gasteiger charge is 2.26. The van der Waals surface area contributed by atoms with Crippen LogP contribution >= 0.6 is 15.9 Å². The van der Waals surface area contributed by atoms with Crippen LogP contribution in [0, 0.1) is 0 Å². The molecule has 0 spiro atoms. The Hall–Kier alpha value is -2.36. The number of aromatic nitrogens is 1. The van der Waals surface area contributed by atoms with Crippen LogP contribution in [-0.4, -0.2) is 23.0 Å². The summed E-state index contributed by atoms with van der Waals surface area (Å²) in [5.41, 5.74) is 6.70. The second-order valence-corrected chi connectivity index (χ2v) is 8.94. The molecule has 3 heteroatoms. The van der Waals surface area contributed by atoms with Crippen LogP contribution in [0.3, 0.4) is 0 Å². The van der Waals surface area contributed by atoms with E-state index < -0.39 is 0 Å². The maximum Gasteiger partial charge on any atom is 0.0500 e. The minimum Gasteiger partial charge on any atom is -0.354 e. The number of fused-ring (bicyclic) bond motifs is 1. The number of hydrogen-bond acceptors (Lipinski definition) is 1. The maximum absolute atomic E-state index is 3.72. The van der Waals surface area contributed by atoms with Gasteiger partial charge in [-0.1, -0.05) is 76.6 Å². The van der Waals surface area contributed by atoms with E-state index in [1.165, 1.54) is 52.7 Å². The van der Waals surface area contributed by atoms with Gasteiger partial charge in [0.1, 0.15) is 0 Å². The number of likely N-dealkylation sites (tertiary alicyclic amines) is 1. The summed E-state index contributed by atoms with van der Waals surface area (Å²) in [6, 6.07) is 28.3. The molecule has 1 N–H and O–H groups in total. The van der Waals surface area contributed by atoms with E-state index in [4.69, 9.17) is 0 Å². The van der Waals surface area contributed by atoms with E-state index in [-0.39, 0.29) is 0 Å². The standard InChI is InChI=1S/C26H25BrN2/c27-22-14-12-19(13-15-22)17-29-16-6-9-21(18-29)25-23-10-4-5-11-24(23)28-26(25)20-7-2-1-3-8-20/h1-5,7-8,10-15,21,28H,6,9,16-18H2. The van der Waals surface area contributed by atoms with Gasteiger partial charge in [-0.2, -0.15) is 0 Å². The quantitative estimate of drug-likeness (QED) is 0.359. The molecule has 3 aromatic carbocycles. The van der Waals surface area contributed by atoms with Gasteiger partial charge in [-0.05, 0) is 60.2 Å². The van der Waals surface area contributed by atoms with Crippen molar-refractivity contribution in [3.05, 3.63) is 94.5 Å². The van der Waals surface area contributed by atoms with Crippen LogP contribution in [0.2, 0.25) is 0 Å². The van der Waals surface area contributed by atoms with Gasteiger partial charge in [0.25, 0.3) is 0 Å². The van der Waals surface area contributed by atoms with Crippen molar-refractivity contribution in [3.8, 4) is 11.3 Å². The van der Waals surface area contributed by atoms with Crippen molar-refractivity contribution in [1.29, 1.82) is 0 Å². The SMILES string of the molecule is Brc1ccc(CN2CCCC(c3c(-c4ccccc4)[nH]c4ccccc34)C2)cc1. The molecule has 0 amide bonds. The summed E-state index contributed by atoms with van der Waals surface area (Å²) in [5, 5.41) is 1.38. The zero-order valence-corrected chi connectivity index (χ0v) is 18.0. The van der Waals surface area contributed by atoms with Crippen molar-refractivity contribution < 1.29 is 0 Å². The lowest BCUT2D eigenvalue weighted by molar-refractivity contribution is 0.201. The number of benzene rings is 3. The Labute approximate surface area is 180 Å². The first-order chi connectivity index (χ1) is 14.3.